The van der Waals surface area contributed by atoms with Crippen LogP contribution >= 0.6 is 11.8 Å². The largest absolute Gasteiger partial charge is 0.497 e. The number of thioether (sulfide) groups is 1. The number of nitrogens with one attached hydrogen (secondary N) is 1. The van der Waals surface area contributed by atoms with Gasteiger partial charge in [0.2, 0.25) is 5.91 Å². The molecule has 3 aromatic carbocycles. The van der Waals surface area contributed by atoms with E-state index in [1.807, 2.05) is 97.9 Å². The third kappa shape index (κ3) is 5.89. The van der Waals surface area contributed by atoms with Gasteiger partial charge >= 0.3 is 0 Å². The van der Waals surface area contributed by atoms with Gasteiger partial charge in [-0.05, 0) is 36.2 Å². The molecule has 0 unspecified atom stereocenters. The van der Waals surface area contributed by atoms with E-state index in [4.69, 9.17) is 9.72 Å². The molecule has 174 valence electrons. The molecule has 0 spiro atoms. The third-order valence-electron chi connectivity index (χ3n) is 5.59. The van der Waals surface area contributed by atoms with Gasteiger partial charge in [0.05, 0.1) is 30.2 Å². The van der Waals surface area contributed by atoms with Gasteiger partial charge in [0.25, 0.3) is 0 Å². The Balaban J connectivity index is 1.64. The van der Waals surface area contributed by atoms with Crippen molar-refractivity contribution in [1.29, 1.82) is 5.26 Å². The van der Waals surface area contributed by atoms with Crippen LogP contribution in [0, 0.1) is 11.3 Å². The Morgan fingerprint density at radius 3 is 2.29 bits per heavy atom. The van der Waals surface area contributed by atoms with Crippen LogP contribution in [0.5, 0.6) is 5.75 Å². The fourth-order valence-electron chi connectivity index (χ4n) is 3.73. The van der Waals surface area contributed by atoms with Crippen LogP contribution in [0.1, 0.15) is 24.1 Å². The number of benzene rings is 3. The number of hydrogen-bond donors (Lipinski definition) is 1. The highest BCUT2D eigenvalue weighted by atomic mass is 32.2. The van der Waals surface area contributed by atoms with E-state index in [1.54, 1.807) is 7.11 Å². The van der Waals surface area contributed by atoms with Gasteiger partial charge in [-0.3, -0.25) is 4.79 Å². The fraction of sp³-hybridized carbons (Fsp3) is 0.138. The molecule has 1 amide bonds. The lowest BCUT2D eigenvalue weighted by molar-refractivity contribution is -0.119. The molecule has 0 aliphatic heterocycles. The molecule has 4 rings (SSSR count). The molecule has 1 heterocycles. The first-order valence-electron chi connectivity index (χ1n) is 11.2. The van der Waals surface area contributed by atoms with E-state index in [0.717, 1.165) is 33.7 Å². The molecule has 1 aromatic heterocycles. The van der Waals surface area contributed by atoms with Crippen molar-refractivity contribution in [2.24, 2.45) is 0 Å². The minimum Gasteiger partial charge on any atom is -0.497 e. The number of rotatable bonds is 8. The van der Waals surface area contributed by atoms with E-state index in [1.165, 1.54) is 11.8 Å². The number of pyridine rings is 1. The van der Waals surface area contributed by atoms with E-state index >= 15 is 0 Å². The molecular formula is C29H25N3O2S. The summed E-state index contributed by atoms with van der Waals surface area (Å²) in [6.45, 7) is 1.95. The molecule has 0 saturated heterocycles. The van der Waals surface area contributed by atoms with Crippen molar-refractivity contribution in [3.63, 3.8) is 0 Å². The van der Waals surface area contributed by atoms with Gasteiger partial charge in [-0.2, -0.15) is 5.26 Å². The summed E-state index contributed by atoms with van der Waals surface area (Å²) in [5, 5.41) is 13.6. The molecule has 4 aromatic rings. The zero-order valence-electron chi connectivity index (χ0n) is 19.6. The summed E-state index contributed by atoms with van der Waals surface area (Å²) in [6, 6.07) is 31.3. The molecule has 0 aliphatic rings. The van der Waals surface area contributed by atoms with Gasteiger partial charge < -0.3 is 10.1 Å². The fourth-order valence-corrected chi connectivity index (χ4v) is 4.55. The summed E-state index contributed by atoms with van der Waals surface area (Å²) in [4.78, 5) is 17.5. The van der Waals surface area contributed by atoms with Crippen LogP contribution in [0.25, 0.3) is 22.4 Å². The van der Waals surface area contributed by atoms with Gasteiger partial charge in [-0.1, -0.05) is 84.6 Å². The molecule has 0 bridgehead atoms. The Morgan fingerprint density at radius 2 is 1.66 bits per heavy atom. The first kappa shape index (κ1) is 24.1. The minimum atomic E-state index is -0.117. The Morgan fingerprint density at radius 1 is 1.00 bits per heavy atom. The van der Waals surface area contributed by atoms with Crippen LogP contribution in [0.3, 0.4) is 0 Å². The first-order chi connectivity index (χ1) is 17.1. The average Bonchev–Trinajstić information content (AvgIpc) is 2.92. The number of carbonyl (C=O) groups excluding carboxylic acids is 1. The number of methoxy groups -OCH3 is 1. The molecule has 0 saturated carbocycles. The number of amides is 1. The smallest absolute Gasteiger partial charge is 0.230 e. The minimum absolute atomic E-state index is 0.113. The third-order valence-corrected chi connectivity index (χ3v) is 6.56. The first-order valence-corrected chi connectivity index (χ1v) is 12.2. The molecular weight excluding hydrogens is 454 g/mol. The lowest BCUT2D eigenvalue weighted by Crippen LogP contribution is -2.28. The molecule has 1 atom stereocenters. The van der Waals surface area contributed by atoms with Crippen molar-refractivity contribution >= 4 is 17.7 Å². The Bertz CT molecular complexity index is 1330. The molecule has 0 aliphatic carbocycles. The Labute approximate surface area is 209 Å². The summed E-state index contributed by atoms with van der Waals surface area (Å²) in [6.07, 6.45) is 0. The number of ether oxygens (including phenoxy) is 1. The topological polar surface area (TPSA) is 75.0 Å². The van der Waals surface area contributed by atoms with E-state index in [2.05, 4.69) is 11.4 Å². The Hall–Kier alpha value is -4.08. The van der Waals surface area contributed by atoms with Crippen LogP contribution in [0.2, 0.25) is 0 Å². The van der Waals surface area contributed by atoms with Crippen molar-refractivity contribution < 1.29 is 9.53 Å². The number of nitrogens with zero attached hydrogens (tertiary/aromatic N) is 2. The SMILES string of the molecule is COc1ccc(-c2cc(-c3ccccc3)nc(SCC(=O)N[C@H](C)c3ccccc3)c2C#N)cc1. The maximum Gasteiger partial charge on any atom is 0.230 e. The highest BCUT2D eigenvalue weighted by molar-refractivity contribution is 8.00. The van der Waals surface area contributed by atoms with E-state index in [0.29, 0.717) is 10.6 Å². The Kier molecular flexibility index (Phi) is 7.81. The molecule has 1 N–H and O–H groups in total. The van der Waals surface area contributed by atoms with E-state index < -0.39 is 0 Å². The molecule has 0 fully saturated rings. The van der Waals surface area contributed by atoms with Crippen LogP contribution in [-0.2, 0) is 4.79 Å². The van der Waals surface area contributed by atoms with Crippen LogP contribution in [-0.4, -0.2) is 23.8 Å². The summed E-state index contributed by atoms with van der Waals surface area (Å²) < 4.78 is 5.28. The van der Waals surface area contributed by atoms with Crippen LogP contribution in [0.15, 0.2) is 96.0 Å². The molecule has 6 heteroatoms. The number of carbonyl (C=O) groups is 1. The normalized spacial score (nSPS) is 11.3. The second-order valence-corrected chi connectivity index (χ2v) is 8.89. The molecule has 5 nitrogen and oxygen atoms in total. The van der Waals surface area contributed by atoms with Crippen molar-refractivity contribution in [3.8, 4) is 34.2 Å². The second-order valence-electron chi connectivity index (χ2n) is 7.93. The summed E-state index contributed by atoms with van der Waals surface area (Å²) in [7, 11) is 1.62. The van der Waals surface area contributed by atoms with Crippen molar-refractivity contribution in [2.45, 2.75) is 18.0 Å². The summed E-state index contributed by atoms with van der Waals surface area (Å²) in [5.74, 6) is 0.774. The lowest BCUT2D eigenvalue weighted by Gasteiger charge is -2.15. The van der Waals surface area contributed by atoms with Gasteiger partial charge in [0, 0.05) is 11.1 Å². The number of hydrogen-bond acceptors (Lipinski definition) is 5. The van der Waals surface area contributed by atoms with Crippen molar-refractivity contribution in [2.75, 3.05) is 12.9 Å². The van der Waals surface area contributed by atoms with Crippen LogP contribution < -0.4 is 10.1 Å². The molecule has 35 heavy (non-hydrogen) atoms. The van der Waals surface area contributed by atoms with Gasteiger partial charge in [-0.15, -0.1) is 0 Å². The van der Waals surface area contributed by atoms with Crippen molar-refractivity contribution in [3.05, 3.63) is 102 Å². The maximum absolute atomic E-state index is 12.7. The number of nitriles is 1. The highest BCUT2D eigenvalue weighted by Crippen LogP contribution is 2.34. The second kappa shape index (κ2) is 11.4. The maximum atomic E-state index is 12.7. The standard InChI is InChI=1S/C29H25N3O2S/c1-20(21-9-5-3-6-10-21)31-28(33)19-35-29-26(18-30)25(22-13-15-24(34-2)16-14-22)17-27(32-29)23-11-7-4-8-12-23/h3-17,20H,19H2,1-2H3,(H,31,33)/t20-/m1/s1. The van der Waals surface area contributed by atoms with E-state index in [-0.39, 0.29) is 17.7 Å². The highest BCUT2D eigenvalue weighted by Gasteiger charge is 2.18. The van der Waals surface area contributed by atoms with Crippen molar-refractivity contribution in [1.82, 2.24) is 10.3 Å². The monoisotopic (exact) mass is 479 g/mol. The predicted molar refractivity (Wildman–Crippen MR) is 140 cm³/mol. The number of aromatic nitrogens is 1. The average molecular weight is 480 g/mol. The quantitative estimate of drug-likeness (QED) is 0.302. The van der Waals surface area contributed by atoms with E-state index in [9.17, 15) is 10.1 Å². The van der Waals surface area contributed by atoms with Crippen LogP contribution in [0.4, 0.5) is 0 Å². The zero-order valence-corrected chi connectivity index (χ0v) is 20.4. The zero-order chi connectivity index (χ0) is 24.6. The molecule has 0 radical (unpaired) electrons. The van der Waals surface area contributed by atoms with Gasteiger partial charge in [-0.25, -0.2) is 4.98 Å². The summed E-state index contributed by atoms with van der Waals surface area (Å²) >= 11 is 1.27. The lowest BCUT2D eigenvalue weighted by atomic mass is 9.99. The van der Waals surface area contributed by atoms with Gasteiger partial charge in [0.15, 0.2) is 0 Å². The predicted octanol–water partition coefficient (Wildman–Crippen LogP) is 6.27. The van der Waals surface area contributed by atoms with Gasteiger partial charge in [0.1, 0.15) is 16.8 Å². The summed E-state index contributed by atoms with van der Waals surface area (Å²) in [5.41, 5.74) is 4.82.